The van der Waals surface area contributed by atoms with Gasteiger partial charge in [-0.05, 0) is 23.3 Å². The van der Waals surface area contributed by atoms with Crippen LogP contribution in [-0.4, -0.2) is 27.8 Å². The molecule has 0 aliphatic heterocycles. The number of amides is 1. The summed E-state index contributed by atoms with van der Waals surface area (Å²) in [6.07, 6.45) is 5.31. The van der Waals surface area contributed by atoms with Gasteiger partial charge in [0.1, 0.15) is 0 Å². The molecule has 0 spiro atoms. The van der Waals surface area contributed by atoms with Crippen LogP contribution in [0.3, 0.4) is 0 Å². The second-order valence-electron chi connectivity index (χ2n) is 6.17. The number of carbonyl (C=O) groups excluding carboxylic acids is 1. The highest BCUT2D eigenvalue weighted by atomic mass is 35.5. The normalized spacial score (nSPS) is 11.8. The van der Waals surface area contributed by atoms with Gasteiger partial charge in [-0.15, -0.1) is 0 Å². The molecule has 3 rings (SSSR count). The van der Waals surface area contributed by atoms with Crippen molar-refractivity contribution >= 4 is 17.5 Å². The number of aromatic nitrogens is 2. The maximum atomic E-state index is 12.8. The lowest BCUT2D eigenvalue weighted by molar-refractivity contribution is -0.130. The highest BCUT2D eigenvalue weighted by Crippen LogP contribution is 2.29. The van der Waals surface area contributed by atoms with Gasteiger partial charge in [-0.1, -0.05) is 54.1 Å². The molecule has 0 bridgehead atoms. The van der Waals surface area contributed by atoms with Gasteiger partial charge in [-0.2, -0.15) is 0 Å². The van der Waals surface area contributed by atoms with Crippen LogP contribution in [0.25, 0.3) is 0 Å². The minimum Gasteiger partial charge on any atom is -0.340 e. The number of hydrogen-bond donors (Lipinski definition) is 0. The molecular formula is C21H20ClN3O. The molecule has 26 heavy (non-hydrogen) atoms. The lowest BCUT2D eigenvalue weighted by Crippen LogP contribution is -2.28. The molecule has 5 heteroatoms. The molecule has 1 amide bonds. The SMILES string of the molecule is CN(Cc1cnccn1)C(=O)CC(c1ccccc1)c1ccc(Cl)cc1. The van der Waals surface area contributed by atoms with Gasteiger partial charge < -0.3 is 4.90 Å². The number of rotatable bonds is 6. The van der Waals surface area contributed by atoms with Crippen molar-refractivity contribution in [1.29, 1.82) is 0 Å². The third-order valence-electron chi connectivity index (χ3n) is 4.29. The highest BCUT2D eigenvalue weighted by Gasteiger charge is 2.20. The van der Waals surface area contributed by atoms with Crippen LogP contribution >= 0.6 is 11.6 Å². The second kappa shape index (κ2) is 8.59. The van der Waals surface area contributed by atoms with Crippen LogP contribution in [0.1, 0.15) is 29.2 Å². The van der Waals surface area contributed by atoms with Gasteiger partial charge in [0, 0.05) is 36.8 Å². The van der Waals surface area contributed by atoms with Crippen molar-refractivity contribution in [3.63, 3.8) is 0 Å². The van der Waals surface area contributed by atoms with E-state index < -0.39 is 0 Å². The van der Waals surface area contributed by atoms with E-state index in [0.29, 0.717) is 18.0 Å². The molecule has 132 valence electrons. The van der Waals surface area contributed by atoms with E-state index in [4.69, 9.17) is 11.6 Å². The molecule has 1 aromatic heterocycles. The monoisotopic (exact) mass is 365 g/mol. The maximum Gasteiger partial charge on any atom is 0.223 e. The molecule has 1 unspecified atom stereocenters. The van der Waals surface area contributed by atoms with E-state index in [0.717, 1.165) is 16.8 Å². The lowest BCUT2D eigenvalue weighted by atomic mass is 9.88. The van der Waals surface area contributed by atoms with Crippen molar-refractivity contribution in [1.82, 2.24) is 14.9 Å². The third kappa shape index (κ3) is 4.67. The van der Waals surface area contributed by atoms with Gasteiger partial charge in [-0.25, -0.2) is 0 Å². The van der Waals surface area contributed by atoms with Crippen molar-refractivity contribution in [2.24, 2.45) is 0 Å². The predicted molar refractivity (Wildman–Crippen MR) is 103 cm³/mol. The topological polar surface area (TPSA) is 46.1 Å². The zero-order valence-corrected chi connectivity index (χ0v) is 15.3. The van der Waals surface area contributed by atoms with Crippen molar-refractivity contribution < 1.29 is 4.79 Å². The minimum atomic E-state index is -0.0229. The summed E-state index contributed by atoms with van der Waals surface area (Å²) in [5.41, 5.74) is 2.95. The summed E-state index contributed by atoms with van der Waals surface area (Å²) >= 11 is 6.02. The molecule has 2 aromatic carbocycles. The molecule has 4 nitrogen and oxygen atoms in total. The van der Waals surface area contributed by atoms with Crippen molar-refractivity contribution in [2.45, 2.75) is 18.9 Å². The molecule has 1 atom stereocenters. The second-order valence-corrected chi connectivity index (χ2v) is 6.60. The van der Waals surface area contributed by atoms with E-state index in [9.17, 15) is 4.79 Å². The van der Waals surface area contributed by atoms with Crippen LogP contribution in [0.4, 0.5) is 0 Å². The molecule has 3 aromatic rings. The Bertz CT molecular complexity index is 838. The van der Waals surface area contributed by atoms with Gasteiger partial charge in [-0.3, -0.25) is 14.8 Å². The number of nitrogens with zero attached hydrogens (tertiary/aromatic N) is 3. The molecule has 0 fully saturated rings. The van der Waals surface area contributed by atoms with Gasteiger partial charge in [0.15, 0.2) is 0 Å². The fourth-order valence-corrected chi connectivity index (χ4v) is 3.01. The Balaban J connectivity index is 1.79. The standard InChI is InChI=1S/C21H20ClN3O/c1-25(15-19-14-23-11-12-24-19)21(26)13-20(16-5-3-2-4-6-16)17-7-9-18(22)10-8-17/h2-12,14,20H,13,15H2,1H3. The first kappa shape index (κ1) is 18.1. The van der Waals surface area contributed by atoms with E-state index in [1.54, 1.807) is 30.5 Å². The van der Waals surface area contributed by atoms with E-state index >= 15 is 0 Å². The van der Waals surface area contributed by atoms with Gasteiger partial charge in [0.2, 0.25) is 5.91 Å². The Morgan fingerprint density at radius 3 is 2.38 bits per heavy atom. The molecule has 0 N–H and O–H groups in total. The van der Waals surface area contributed by atoms with Gasteiger partial charge in [0.05, 0.1) is 18.4 Å². The summed E-state index contributed by atoms with van der Waals surface area (Å²) in [5.74, 6) is 0.0322. The first-order chi connectivity index (χ1) is 12.6. The molecule has 1 heterocycles. The van der Waals surface area contributed by atoms with Crippen molar-refractivity contribution in [3.8, 4) is 0 Å². The van der Waals surface area contributed by atoms with E-state index in [2.05, 4.69) is 22.1 Å². The van der Waals surface area contributed by atoms with Crippen LogP contribution < -0.4 is 0 Å². The van der Waals surface area contributed by atoms with Crippen LogP contribution in [-0.2, 0) is 11.3 Å². The molecule has 0 saturated carbocycles. The Hall–Kier alpha value is -2.72. The summed E-state index contributed by atoms with van der Waals surface area (Å²) in [6, 6.07) is 17.7. The van der Waals surface area contributed by atoms with Crippen molar-refractivity contribution in [2.75, 3.05) is 7.05 Å². The largest absolute Gasteiger partial charge is 0.340 e. The average Bonchev–Trinajstić information content (AvgIpc) is 2.68. The number of benzene rings is 2. The summed E-state index contributed by atoms with van der Waals surface area (Å²) < 4.78 is 0. The fraction of sp³-hybridized carbons (Fsp3) is 0.190. The Kier molecular flexibility index (Phi) is 5.97. The Morgan fingerprint density at radius 1 is 1.04 bits per heavy atom. The predicted octanol–water partition coefficient (Wildman–Crippen LogP) is 4.31. The Morgan fingerprint density at radius 2 is 1.73 bits per heavy atom. The molecule has 0 saturated heterocycles. The van der Waals surface area contributed by atoms with Crippen molar-refractivity contribution in [3.05, 3.63) is 95.0 Å². The summed E-state index contributed by atoms with van der Waals surface area (Å²) in [7, 11) is 1.79. The quantitative estimate of drug-likeness (QED) is 0.653. The van der Waals surface area contributed by atoms with Crippen LogP contribution in [0.2, 0.25) is 5.02 Å². The fourth-order valence-electron chi connectivity index (χ4n) is 2.88. The van der Waals surface area contributed by atoms with Crippen LogP contribution in [0.15, 0.2) is 73.2 Å². The summed E-state index contributed by atoms with van der Waals surface area (Å²) in [6.45, 7) is 0.439. The zero-order valence-electron chi connectivity index (χ0n) is 14.5. The Labute approximate surface area is 158 Å². The molecule has 0 aliphatic carbocycles. The minimum absolute atomic E-state index is 0.0229. The van der Waals surface area contributed by atoms with Gasteiger partial charge >= 0.3 is 0 Å². The highest BCUT2D eigenvalue weighted by molar-refractivity contribution is 6.30. The number of hydrogen-bond acceptors (Lipinski definition) is 3. The molecule has 0 aliphatic rings. The van der Waals surface area contributed by atoms with Crippen LogP contribution in [0, 0.1) is 0 Å². The number of carbonyl (C=O) groups is 1. The van der Waals surface area contributed by atoms with Crippen LogP contribution in [0.5, 0.6) is 0 Å². The summed E-state index contributed by atoms with van der Waals surface area (Å²) in [4.78, 5) is 22.8. The molecular weight excluding hydrogens is 346 g/mol. The average molecular weight is 366 g/mol. The lowest BCUT2D eigenvalue weighted by Gasteiger charge is -2.22. The summed E-state index contributed by atoms with van der Waals surface area (Å²) in [5, 5.41) is 0.687. The number of halogens is 1. The van der Waals surface area contributed by atoms with E-state index in [1.165, 1.54) is 0 Å². The van der Waals surface area contributed by atoms with E-state index in [-0.39, 0.29) is 11.8 Å². The maximum absolute atomic E-state index is 12.8. The zero-order chi connectivity index (χ0) is 18.4. The molecule has 0 radical (unpaired) electrons. The smallest absolute Gasteiger partial charge is 0.223 e. The first-order valence-corrected chi connectivity index (χ1v) is 8.80. The van der Waals surface area contributed by atoms with E-state index in [1.807, 2.05) is 42.5 Å². The van der Waals surface area contributed by atoms with Gasteiger partial charge in [0.25, 0.3) is 0 Å². The third-order valence-corrected chi connectivity index (χ3v) is 4.55. The first-order valence-electron chi connectivity index (χ1n) is 8.43.